The van der Waals surface area contributed by atoms with Crippen molar-refractivity contribution in [3.05, 3.63) is 65.0 Å². The van der Waals surface area contributed by atoms with Crippen LogP contribution >= 0.6 is 0 Å². The second kappa shape index (κ2) is 7.84. The van der Waals surface area contributed by atoms with Crippen molar-refractivity contribution in [2.45, 2.75) is 59.3 Å². The predicted molar refractivity (Wildman–Crippen MR) is 117 cm³/mol. The third-order valence-electron chi connectivity index (χ3n) is 5.59. The zero-order valence-corrected chi connectivity index (χ0v) is 17.5. The second-order valence-electron chi connectivity index (χ2n) is 9.11. The summed E-state index contributed by atoms with van der Waals surface area (Å²) in [6, 6.07) is 2.46. The Kier molecular flexibility index (Phi) is 5.69. The zero-order chi connectivity index (χ0) is 19.6. The number of hydrogen-bond donors (Lipinski definition) is 2. The van der Waals surface area contributed by atoms with Crippen LogP contribution in [0.15, 0.2) is 42.8 Å². The van der Waals surface area contributed by atoms with E-state index in [1.54, 1.807) is 0 Å². The van der Waals surface area contributed by atoms with Crippen molar-refractivity contribution in [2.24, 2.45) is 5.41 Å². The minimum absolute atomic E-state index is 0.212. The van der Waals surface area contributed by atoms with Gasteiger partial charge in [-0.05, 0) is 78.3 Å². The standard InChI is InChI=1S/C24H35N3/c1-7-21(22(8-2)27(6)16-24(3,4)5)25-26-23-19-13-9-11-17(19)15-18-12-10-14-20(18)23/h7-8,15,25-26H,1-2,9-14,16H2,3-6H3/b22-21+. The molecule has 0 spiro atoms. The first-order chi connectivity index (χ1) is 12.8. The molecule has 0 heterocycles. The van der Waals surface area contributed by atoms with Gasteiger partial charge in [0.15, 0.2) is 0 Å². The Hall–Kier alpha value is -2.16. The molecule has 3 rings (SSSR count). The number of nitrogens with zero attached hydrogens (tertiary/aromatic N) is 1. The summed E-state index contributed by atoms with van der Waals surface area (Å²) >= 11 is 0. The molecule has 3 heteroatoms. The highest BCUT2D eigenvalue weighted by Crippen LogP contribution is 2.38. The van der Waals surface area contributed by atoms with Crippen molar-refractivity contribution in [3.8, 4) is 0 Å². The van der Waals surface area contributed by atoms with Crippen LogP contribution in [-0.4, -0.2) is 18.5 Å². The summed E-state index contributed by atoms with van der Waals surface area (Å²) in [7, 11) is 2.12. The lowest BCUT2D eigenvalue weighted by Gasteiger charge is -2.30. The zero-order valence-electron chi connectivity index (χ0n) is 17.5. The maximum Gasteiger partial charge on any atom is 0.0767 e. The molecular weight excluding hydrogens is 330 g/mol. The quantitative estimate of drug-likeness (QED) is 0.517. The molecule has 0 unspecified atom stereocenters. The molecule has 0 atom stereocenters. The molecule has 0 saturated carbocycles. The minimum Gasteiger partial charge on any atom is -0.372 e. The fourth-order valence-corrected chi connectivity index (χ4v) is 4.58. The lowest BCUT2D eigenvalue weighted by Crippen LogP contribution is -2.32. The van der Waals surface area contributed by atoms with Gasteiger partial charge in [0.1, 0.15) is 0 Å². The predicted octanol–water partition coefficient (Wildman–Crippen LogP) is 5.14. The number of anilines is 1. The average molecular weight is 366 g/mol. The lowest BCUT2D eigenvalue weighted by molar-refractivity contribution is 0.272. The molecule has 0 radical (unpaired) electrons. The van der Waals surface area contributed by atoms with E-state index in [4.69, 9.17) is 0 Å². The highest BCUT2D eigenvalue weighted by atomic mass is 15.4. The number of hydrazine groups is 1. The van der Waals surface area contributed by atoms with E-state index >= 15 is 0 Å². The van der Waals surface area contributed by atoms with Gasteiger partial charge in [0.05, 0.1) is 17.1 Å². The Morgan fingerprint density at radius 1 is 1.04 bits per heavy atom. The molecule has 1 aromatic rings. The third kappa shape index (κ3) is 4.23. The van der Waals surface area contributed by atoms with E-state index in [2.05, 4.69) is 62.8 Å². The van der Waals surface area contributed by atoms with Gasteiger partial charge in [0.2, 0.25) is 0 Å². The minimum atomic E-state index is 0.212. The third-order valence-corrected chi connectivity index (χ3v) is 5.59. The molecule has 0 aromatic heterocycles. The number of likely N-dealkylation sites (N-methyl/N-ethyl adjacent to an activating group) is 1. The van der Waals surface area contributed by atoms with Gasteiger partial charge in [-0.3, -0.25) is 5.43 Å². The summed E-state index contributed by atoms with van der Waals surface area (Å²) in [5, 5.41) is 0. The van der Waals surface area contributed by atoms with E-state index in [0.717, 1.165) is 17.9 Å². The van der Waals surface area contributed by atoms with Gasteiger partial charge >= 0.3 is 0 Å². The van der Waals surface area contributed by atoms with E-state index < -0.39 is 0 Å². The second-order valence-corrected chi connectivity index (χ2v) is 9.11. The molecule has 1 aromatic carbocycles. The van der Waals surface area contributed by atoms with Crippen molar-refractivity contribution in [3.63, 3.8) is 0 Å². The summed E-state index contributed by atoms with van der Waals surface area (Å²) < 4.78 is 0. The number of allylic oxidation sites excluding steroid dienone is 2. The van der Waals surface area contributed by atoms with Crippen LogP contribution in [0.2, 0.25) is 0 Å². The number of fused-ring (bicyclic) bond motifs is 2. The number of benzene rings is 1. The van der Waals surface area contributed by atoms with Gasteiger partial charge < -0.3 is 10.3 Å². The topological polar surface area (TPSA) is 27.3 Å². The maximum atomic E-state index is 4.04. The molecule has 2 aliphatic carbocycles. The van der Waals surface area contributed by atoms with E-state index in [0.29, 0.717) is 0 Å². The fraction of sp³-hybridized carbons (Fsp3) is 0.500. The number of aryl methyl sites for hydroxylation is 2. The van der Waals surface area contributed by atoms with Gasteiger partial charge in [-0.2, -0.15) is 0 Å². The van der Waals surface area contributed by atoms with Crippen LogP contribution in [0.4, 0.5) is 5.69 Å². The Morgan fingerprint density at radius 2 is 1.63 bits per heavy atom. The molecule has 0 amide bonds. The van der Waals surface area contributed by atoms with Crippen LogP contribution in [0.25, 0.3) is 0 Å². The first-order valence-electron chi connectivity index (χ1n) is 10.2. The number of rotatable bonds is 7. The van der Waals surface area contributed by atoms with Crippen LogP contribution < -0.4 is 10.9 Å². The van der Waals surface area contributed by atoms with Crippen LogP contribution in [0.5, 0.6) is 0 Å². The summed E-state index contributed by atoms with van der Waals surface area (Å²) in [6.45, 7) is 15.8. The lowest BCUT2D eigenvalue weighted by atomic mass is 9.96. The van der Waals surface area contributed by atoms with E-state index in [1.807, 2.05) is 12.2 Å². The average Bonchev–Trinajstić information content (AvgIpc) is 3.24. The van der Waals surface area contributed by atoms with Crippen LogP contribution in [0.3, 0.4) is 0 Å². The molecule has 2 N–H and O–H groups in total. The Labute approximate surface area is 165 Å². The van der Waals surface area contributed by atoms with Crippen molar-refractivity contribution < 1.29 is 0 Å². The van der Waals surface area contributed by atoms with Gasteiger partial charge in [-0.1, -0.05) is 40.0 Å². The molecule has 27 heavy (non-hydrogen) atoms. The van der Waals surface area contributed by atoms with Crippen LogP contribution in [-0.2, 0) is 25.7 Å². The molecule has 0 saturated heterocycles. The van der Waals surface area contributed by atoms with Crippen molar-refractivity contribution in [2.75, 3.05) is 19.0 Å². The summed E-state index contributed by atoms with van der Waals surface area (Å²) in [4.78, 5) is 2.25. The monoisotopic (exact) mass is 365 g/mol. The first-order valence-corrected chi connectivity index (χ1v) is 10.2. The van der Waals surface area contributed by atoms with Crippen molar-refractivity contribution in [1.29, 1.82) is 0 Å². The Balaban J connectivity index is 1.86. The van der Waals surface area contributed by atoms with Crippen LogP contribution in [0.1, 0.15) is 55.9 Å². The van der Waals surface area contributed by atoms with Gasteiger partial charge in [-0.25, -0.2) is 0 Å². The summed E-state index contributed by atoms with van der Waals surface area (Å²) in [5.74, 6) is 0. The molecule has 0 bridgehead atoms. The first kappa shape index (κ1) is 19.6. The number of nitrogens with one attached hydrogen (secondary N) is 2. The smallest absolute Gasteiger partial charge is 0.0767 e. The molecule has 2 aliphatic rings. The van der Waals surface area contributed by atoms with E-state index in [1.165, 1.54) is 66.5 Å². The SMILES string of the molecule is C=C/C(NNc1c2c(cc3c1CCC3)CCC2)=C(/C=C)N(C)CC(C)(C)C. The van der Waals surface area contributed by atoms with Crippen LogP contribution in [0, 0.1) is 5.41 Å². The molecular formula is C24H35N3. The molecule has 0 aliphatic heterocycles. The largest absolute Gasteiger partial charge is 0.372 e. The van der Waals surface area contributed by atoms with E-state index in [9.17, 15) is 0 Å². The van der Waals surface area contributed by atoms with Gasteiger partial charge in [-0.15, -0.1) is 0 Å². The highest BCUT2D eigenvalue weighted by molar-refractivity contribution is 5.66. The van der Waals surface area contributed by atoms with Gasteiger partial charge in [0.25, 0.3) is 0 Å². The summed E-state index contributed by atoms with van der Waals surface area (Å²) in [5.41, 5.74) is 16.7. The normalized spacial score (nSPS) is 16.3. The maximum absolute atomic E-state index is 4.04. The van der Waals surface area contributed by atoms with E-state index in [-0.39, 0.29) is 5.41 Å². The Morgan fingerprint density at radius 3 is 2.11 bits per heavy atom. The fourth-order valence-electron chi connectivity index (χ4n) is 4.58. The van der Waals surface area contributed by atoms with Crippen molar-refractivity contribution in [1.82, 2.24) is 10.3 Å². The molecule has 0 fully saturated rings. The molecule has 3 nitrogen and oxygen atoms in total. The van der Waals surface area contributed by atoms with Crippen molar-refractivity contribution >= 4 is 5.69 Å². The number of hydrogen-bond acceptors (Lipinski definition) is 3. The highest BCUT2D eigenvalue weighted by Gasteiger charge is 2.24. The molecule has 146 valence electrons. The Bertz CT molecular complexity index is 733. The summed E-state index contributed by atoms with van der Waals surface area (Å²) in [6.07, 6.45) is 11.1. The van der Waals surface area contributed by atoms with Gasteiger partial charge in [0, 0.05) is 13.6 Å².